The topological polar surface area (TPSA) is 66.6 Å². The van der Waals surface area contributed by atoms with Gasteiger partial charge in [0, 0.05) is 60.0 Å². The Hall–Kier alpha value is -2.39. The van der Waals surface area contributed by atoms with E-state index < -0.39 is 0 Å². The molecular formula is C27H33ClN6OS. The number of rotatable bonds is 7. The van der Waals surface area contributed by atoms with Crippen molar-refractivity contribution in [3.8, 4) is 5.00 Å². The highest BCUT2D eigenvalue weighted by Gasteiger charge is 2.32. The summed E-state index contributed by atoms with van der Waals surface area (Å²) in [6.45, 7) is 11.5. The highest BCUT2D eigenvalue weighted by atomic mass is 35.5. The van der Waals surface area contributed by atoms with Gasteiger partial charge in [-0.1, -0.05) is 23.7 Å². The number of aromatic nitrogens is 3. The summed E-state index contributed by atoms with van der Waals surface area (Å²) < 4.78 is 2.11. The van der Waals surface area contributed by atoms with Gasteiger partial charge in [-0.05, 0) is 58.5 Å². The standard InChI is InChI=1S/C27H33ClN6OS/c1-17-18(2)36-27-24(17)25(20-7-9-21(28)10-8-20)29-23(26-31-30-19(3)34(26)27)16-22(35)6-5-11-33-14-12-32(4)13-15-33/h7-10,23H,5-6,11-16H2,1-4H3/t23-/m0/s1. The summed E-state index contributed by atoms with van der Waals surface area (Å²) >= 11 is 7.92. The van der Waals surface area contributed by atoms with E-state index in [1.165, 1.54) is 10.4 Å². The number of halogens is 1. The molecule has 4 heterocycles. The van der Waals surface area contributed by atoms with E-state index in [0.717, 1.165) is 72.6 Å². The maximum atomic E-state index is 13.2. The third-order valence-corrected chi connectivity index (χ3v) is 8.75. The Morgan fingerprint density at radius 2 is 1.81 bits per heavy atom. The number of ketones is 1. The highest BCUT2D eigenvalue weighted by Crippen LogP contribution is 2.39. The number of nitrogens with zero attached hydrogens (tertiary/aromatic N) is 6. The third kappa shape index (κ3) is 5.05. The van der Waals surface area contributed by atoms with E-state index in [4.69, 9.17) is 16.6 Å². The molecule has 190 valence electrons. The molecule has 1 fully saturated rings. The molecule has 0 amide bonds. The van der Waals surface area contributed by atoms with Gasteiger partial charge in [-0.2, -0.15) is 0 Å². The van der Waals surface area contributed by atoms with E-state index in [1.807, 2.05) is 31.2 Å². The minimum atomic E-state index is -0.382. The van der Waals surface area contributed by atoms with Crippen LogP contribution in [-0.2, 0) is 4.79 Å². The van der Waals surface area contributed by atoms with Crippen molar-refractivity contribution < 1.29 is 4.79 Å². The fraction of sp³-hybridized carbons (Fsp3) is 0.481. The van der Waals surface area contributed by atoms with Gasteiger partial charge in [-0.3, -0.25) is 14.4 Å². The predicted molar refractivity (Wildman–Crippen MR) is 146 cm³/mol. The van der Waals surface area contributed by atoms with Gasteiger partial charge in [0.2, 0.25) is 0 Å². The summed E-state index contributed by atoms with van der Waals surface area (Å²) in [6.07, 6.45) is 1.76. The van der Waals surface area contributed by atoms with E-state index in [-0.39, 0.29) is 11.8 Å². The van der Waals surface area contributed by atoms with Crippen LogP contribution in [-0.4, -0.2) is 75.8 Å². The Morgan fingerprint density at radius 3 is 2.53 bits per heavy atom. The Bertz CT molecular complexity index is 1290. The second-order valence-electron chi connectivity index (χ2n) is 9.90. The SMILES string of the molecule is Cc1sc2c(c1C)C(c1ccc(Cl)cc1)=N[C@@H](CC(=O)CCCN1CCN(C)CC1)c1nnc(C)n1-2. The molecule has 1 saturated heterocycles. The number of carbonyl (C=O) groups is 1. The molecule has 5 rings (SSSR count). The van der Waals surface area contributed by atoms with Crippen LogP contribution in [0.5, 0.6) is 0 Å². The third-order valence-electron chi connectivity index (χ3n) is 7.30. The summed E-state index contributed by atoms with van der Waals surface area (Å²) in [4.78, 5) is 24.4. The molecule has 0 spiro atoms. The molecule has 0 N–H and O–H groups in total. The van der Waals surface area contributed by atoms with Gasteiger partial charge >= 0.3 is 0 Å². The Morgan fingerprint density at radius 1 is 1.08 bits per heavy atom. The Kier molecular flexibility index (Phi) is 7.40. The molecule has 2 aliphatic heterocycles. The van der Waals surface area contributed by atoms with E-state index >= 15 is 0 Å². The van der Waals surface area contributed by atoms with E-state index in [0.29, 0.717) is 17.9 Å². The van der Waals surface area contributed by atoms with Gasteiger partial charge in [-0.15, -0.1) is 21.5 Å². The molecular weight excluding hydrogens is 492 g/mol. The molecule has 2 aromatic heterocycles. The number of hydrogen-bond donors (Lipinski definition) is 0. The van der Waals surface area contributed by atoms with Crippen LogP contribution in [0.25, 0.3) is 5.00 Å². The van der Waals surface area contributed by atoms with Gasteiger partial charge in [0.25, 0.3) is 0 Å². The molecule has 0 aliphatic carbocycles. The first-order chi connectivity index (χ1) is 17.3. The minimum absolute atomic E-state index is 0.221. The maximum absolute atomic E-state index is 13.2. The smallest absolute Gasteiger partial charge is 0.163 e. The van der Waals surface area contributed by atoms with Crippen LogP contribution < -0.4 is 0 Å². The number of piperazine rings is 1. The van der Waals surface area contributed by atoms with E-state index in [2.05, 4.69) is 45.5 Å². The molecule has 3 aromatic rings. The first kappa shape index (κ1) is 25.3. The van der Waals surface area contributed by atoms with Gasteiger partial charge in [0.1, 0.15) is 22.7 Å². The van der Waals surface area contributed by atoms with E-state index in [9.17, 15) is 4.79 Å². The quantitative estimate of drug-likeness (QED) is 0.444. The van der Waals surface area contributed by atoms with Crippen molar-refractivity contribution in [2.45, 2.75) is 46.1 Å². The molecule has 0 saturated carbocycles. The Balaban J connectivity index is 1.43. The number of carbonyl (C=O) groups excluding carboxylic acids is 1. The number of benzene rings is 1. The second kappa shape index (κ2) is 10.5. The van der Waals surface area contributed by atoms with Gasteiger partial charge in [0.15, 0.2) is 5.82 Å². The molecule has 9 heteroatoms. The van der Waals surface area contributed by atoms with Crippen LogP contribution in [0, 0.1) is 20.8 Å². The minimum Gasteiger partial charge on any atom is -0.304 e. The lowest BCUT2D eigenvalue weighted by atomic mass is 9.99. The van der Waals surface area contributed by atoms with Crippen LogP contribution in [0.4, 0.5) is 0 Å². The molecule has 0 unspecified atom stereocenters. The number of aryl methyl sites for hydroxylation is 2. The molecule has 36 heavy (non-hydrogen) atoms. The number of fused-ring (bicyclic) bond motifs is 3. The largest absolute Gasteiger partial charge is 0.304 e. The van der Waals surface area contributed by atoms with Crippen molar-refractivity contribution in [2.75, 3.05) is 39.8 Å². The summed E-state index contributed by atoms with van der Waals surface area (Å²) in [5.41, 5.74) is 4.17. The molecule has 1 aromatic carbocycles. The van der Waals surface area contributed by atoms with E-state index in [1.54, 1.807) is 11.3 Å². The lowest BCUT2D eigenvalue weighted by molar-refractivity contribution is -0.119. The zero-order valence-corrected chi connectivity index (χ0v) is 23.0. The average Bonchev–Trinajstić information content (AvgIpc) is 3.33. The van der Waals surface area contributed by atoms with Crippen molar-refractivity contribution in [1.82, 2.24) is 24.6 Å². The van der Waals surface area contributed by atoms with Gasteiger partial charge < -0.3 is 9.80 Å². The van der Waals surface area contributed by atoms with Crippen LogP contribution in [0.3, 0.4) is 0 Å². The van der Waals surface area contributed by atoms with Crippen molar-refractivity contribution in [1.29, 1.82) is 0 Å². The number of thiophene rings is 1. The predicted octanol–water partition coefficient (Wildman–Crippen LogP) is 4.79. The van der Waals surface area contributed by atoms with Gasteiger partial charge in [0.05, 0.1) is 5.71 Å². The van der Waals surface area contributed by atoms with Crippen molar-refractivity contribution >= 4 is 34.4 Å². The number of Topliss-reactive ketones (excluding diaryl/α,β-unsaturated/α-hetero) is 1. The summed E-state index contributed by atoms with van der Waals surface area (Å²) in [5, 5.41) is 10.7. The molecule has 7 nitrogen and oxygen atoms in total. The molecule has 0 bridgehead atoms. The number of aliphatic imine (C=N–C) groups is 1. The van der Waals surface area contributed by atoms with Crippen molar-refractivity contribution in [3.05, 3.63) is 62.5 Å². The summed E-state index contributed by atoms with van der Waals surface area (Å²) in [5.74, 6) is 1.78. The van der Waals surface area contributed by atoms with Crippen LogP contribution in [0.2, 0.25) is 5.02 Å². The van der Waals surface area contributed by atoms with Crippen LogP contribution >= 0.6 is 22.9 Å². The summed E-state index contributed by atoms with van der Waals surface area (Å²) in [7, 11) is 2.16. The number of hydrogen-bond acceptors (Lipinski definition) is 7. The van der Waals surface area contributed by atoms with Gasteiger partial charge in [-0.25, -0.2) is 0 Å². The van der Waals surface area contributed by atoms with Crippen LogP contribution in [0.1, 0.15) is 58.5 Å². The maximum Gasteiger partial charge on any atom is 0.163 e. The monoisotopic (exact) mass is 524 g/mol. The second-order valence-corrected chi connectivity index (χ2v) is 11.5. The van der Waals surface area contributed by atoms with Crippen LogP contribution in [0.15, 0.2) is 29.3 Å². The summed E-state index contributed by atoms with van der Waals surface area (Å²) in [6, 6.07) is 7.41. The lowest BCUT2D eigenvalue weighted by Gasteiger charge is -2.32. The molecule has 1 atom stereocenters. The number of likely N-dealkylation sites (N-methyl/N-ethyl adjacent to an activating group) is 1. The normalized spacial score (nSPS) is 18.5. The van der Waals surface area contributed by atoms with Crippen molar-refractivity contribution in [3.63, 3.8) is 0 Å². The first-order valence-electron chi connectivity index (χ1n) is 12.6. The zero-order chi connectivity index (χ0) is 25.4. The Labute approximate surface area is 221 Å². The highest BCUT2D eigenvalue weighted by molar-refractivity contribution is 7.15. The van der Waals surface area contributed by atoms with Crippen molar-refractivity contribution in [2.24, 2.45) is 4.99 Å². The first-order valence-corrected chi connectivity index (χ1v) is 13.8. The molecule has 0 radical (unpaired) electrons. The fourth-order valence-electron chi connectivity index (χ4n) is 5.02. The fourth-order valence-corrected chi connectivity index (χ4v) is 6.36. The molecule has 2 aliphatic rings. The average molecular weight is 525 g/mol. The lowest BCUT2D eigenvalue weighted by Crippen LogP contribution is -2.44. The zero-order valence-electron chi connectivity index (χ0n) is 21.4.